The molecular weight excluding hydrogens is 766 g/mol. The van der Waals surface area contributed by atoms with Crippen LogP contribution >= 0.6 is 12.0 Å². The molecule has 7 aromatic rings. The van der Waals surface area contributed by atoms with Crippen LogP contribution in [0, 0.1) is 0 Å². The Morgan fingerprint density at radius 1 is 0.569 bits per heavy atom. The Labute approximate surface area is 346 Å². The Balaban J connectivity index is 0.00000149. The van der Waals surface area contributed by atoms with Gasteiger partial charge in [0, 0.05) is 60.5 Å². The molecule has 9 rings (SSSR count). The van der Waals surface area contributed by atoms with Crippen molar-refractivity contribution in [1.82, 2.24) is 39.9 Å². The summed E-state index contributed by atoms with van der Waals surface area (Å²) in [5, 5.41) is 15.8. The van der Waals surface area contributed by atoms with Crippen LogP contribution in [-0.4, -0.2) is 42.9 Å². The fourth-order valence-electron chi connectivity index (χ4n) is 5.92. The molecule has 1 radical (unpaired) electrons. The van der Waals surface area contributed by atoms with Gasteiger partial charge in [0.25, 0.3) is 0 Å². The Kier molecular flexibility index (Phi) is 10.9. The predicted molar refractivity (Wildman–Crippen MR) is 170 cm³/mol. The number of benzene rings is 4. The molecule has 19 heteroatoms. The number of fused-ring (bicyclic) bond motifs is 20. The van der Waals surface area contributed by atoms with Crippen molar-refractivity contribution >= 4 is 66.3 Å². The third kappa shape index (κ3) is 6.47. The molecule has 0 amide bonds. The van der Waals surface area contributed by atoms with E-state index in [9.17, 15) is 18.2 Å². The SMILES string of the molecule is O=S(=O)([O-])c1cccc2c3nc4nc(nc5[n-]c(nc6nc(nc([n-]3)c12)-c1ccccc1-6)c1cccc(SOO[O-])c51)-c1ccccc1-4.[Cu+2].[Na+].[Na+]. The first kappa shape index (κ1) is 37.6. The number of hydrogen-bond acceptors (Lipinski definition) is 13. The van der Waals surface area contributed by atoms with E-state index in [1.165, 1.54) is 12.1 Å². The van der Waals surface area contributed by atoms with Gasteiger partial charge in [-0.25, -0.2) is 18.4 Å². The van der Waals surface area contributed by atoms with Crippen molar-refractivity contribution < 1.29 is 104 Å². The quantitative estimate of drug-likeness (QED) is 0.0640. The van der Waals surface area contributed by atoms with E-state index in [4.69, 9.17) is 34.9 Å². The molecular formula is C32H14CuN8Na2O6S2. The van der Waals surface area contributed by atoms with Crippen LogP contribution in [0.15, 0.2) is 94.7 Å². The first-order chi connectivity index (χ1) is 23.4. The summed E-state index contributed by atoms with van der Waals surface area (Å²) in [5.74, 6) is 0.996. The van der Waals surface area contributed by atoms with Crippen LogP contribution in [-0.2, 0) is 36.6 Å². The first-order valence-corrected chi connectivity index (χ1v) is 16.3. The number of hydrogen-bond donors (Lipinski definition) is 0. The molecule has 14 nitrogen and oxygen atoms in total. The van der Waals surface area contributed by atoms with Crippen LogP contribution in [0.1, 0.15) is 0 Å². The molecule has 0 spiro atoms. The largest absolute Gasteiger partial charge is 2.00 e. The summed E-state index contributed by atoms with van der Waals surface area (Å²) >= 11 is 0.705. The monoisotopic (exact) mass is 779 g/mol. The van der Waals surface area contributed by atoms with Gasteiger partial charge in [-0.15, -0.1) is 0 Å². The van der Waals surface area contributed by atoms with Crippen molar-refractivity contribution in [2.24, 2.45) is 0 Å². The van der Waals surface area contributed by atoms with Crippen LogP contribution in [0.2, 0.25) is 0 Å². The second-order valence-corrected chi connectivity index (χ2v) is 12.7. The van der Waals surface area contributed by atoms with E-state index in [-0.39, 0.29) is 133 Å². The summed E-state index contributed by atoms with van der Waals surface area (Å²) < 4.78 is 42.0. The fourth-order valence-corrected chi connectivity index (χ4v) is 7.14. The minimum Gasteiger partial charge on any atom is -0.744 e. The smallest absolute Gasteiger partial charge is 0.744 e. The number of rotatable bonds is 4. The van der Waals surface area contributed by atoms with Gasteiger partial charge < -0.3 is 39.7 Å². The summed E-state index contributed by atoms with van der Waals surface area (Å²) in [6, 6.07) is 24.1. The van der Waals surface area contributed by atoms with E-state index in [2.05, 4.69) is 14.4 Å². The number of aromatic nitrogens is 8. The molecule has 243 valence electrons. The van der Waals surface area contributed by atoms with E-state index in [0.29, 0.717) is 50.0 Å². The zero-order chi connectivity index (χ0) is 32.6. The third-order valence-corrected chi connectivity index (χ3v) is 9.44. The van der Waals surface area contributed by atoms with E-state index in [1.54, 1.807) is 36.4 Å². The summed E-state index contributed by atoms with van der Waals surface area (Å²) in [4.78, 5) is 38.0. The second-order valence-electron chi connectivity index (χ2n) is 10.6. The van der Waals surface area contributed by atoms with Gasteiger partial charge in [-0.1, -0.05) is 72.8 Å². The van der Waals surface area contributed by atoms with Crippen LogP contribution < -0.4 is 74.3 Å². The van der Waals surface area contributed by atoms with Crippen molar-refractivity contribution in [3.05, 3.63) is 84.9 Å². The molecule has 4 aromatic carbocycles. The van der Waals surface area contributed by atoms with Crippen molar-refractivity contribution in [2.45, 2.75) is 9.79 Å². The Morgan fingerprint density at radius 3 is 1.47 bits per heavy atom. The fraction of sp³-hybridized carbons (Fsp3) is 0. The van der Waals surface area contributed by atoms with Gasteiger partial charge in [0.15, 0.2) is 0 Å². The normalized spacial score (nSPS) is 11.6. The average Bonchev–Trinajstić information content (AvgIpc) is 3.82. The molecule has 5 heterocycles. The van der Waals surface area contributed by atoms with E-state index in [0.717, 1.165) is 0 Å². The van der Waals surface area contributed by atoms with Crippen LogP contribution in [0.5, 0.6) is 0 Å². The van der Waals surface area contributed by atoms with Crippen molar-refractivity contribution in [3.8, 4) is 45.6 Å². The van der Waals surface area contributed by atoms with Gasteiger partial charge in [-0.3, -0.25) is 5.04 Å². The minimum atomic E-state index is -4.94. The second kappa shape index (κ2) is 14.7. The molecule has 0 unspecified atom stereocenters. The minimum absolute atomic E-state index is 0. The molecule has 2 aliphatic rings. The van der Waals surface area contributed by atoms with Crippen LogP contribution in [0.3, 0.4) is 0 Å². The van der Waals surface area contributed by atoms with Gasteiger partial charge in [-0.05, 0) is 22.9 Å². The van der Waals surface area contributed by atoms with E-state index >= 15 is 0 Å². The topological polar surface area (TPSA) is 204 Å². The maximum atomic E-state index is 12.4. The Hall–Kier alpha value is -3.10. The maximum absolute atomic E-state index is 12.4. The van der Waals surface area contributed by atoms with Gasteiger partial charge in [0.2, 0.25) is 0 Å². The Bertz CT molecular complexity index is 2800. The van der Waals surface area contributed by atoms with Gasteiger partial charge >= 0.3 is 76.2 Å². The molecule has 0 N–H and O–H groups in total. The standard InChI is InChI=1S/C32H16N8O6S2.Cu.2Na/c41-45-46-47-21-13-5-11-19-23(21)31-37-27-17-9-3-1-7-15(17)26(33-27)36-30-20-12-6-14-22(48(42,43)44)24(20)32(40-30)38-28-18-10-4-2-8-16(18)25(34-28)35-29(19)39-31;;;/h1-14H,(H2-2,33,34,35,36,37,38,39,40,41,42,43,44);;;/q-2;+2;2*+1/p-2. The molecule has 0 atom stereocenters. The average molecular weight is 780 g/mol. The summed E-state index contributed by atoms with van der Waals surface area (Å²) in [5.41, 5.74) is 3.08. The summed E-state index contributed by atoms with van der Waals surface area (Å²) in [6.45, 7) is 0. The molecule has 0 saturated carbocycles. The van der Waals surface area contributed by atoms with E-state index < -0.39 is 15.0 Å². The zero-order valence-electron chi connectivity index (χ0n) is 26.2. The molecule has 0 fully saturated rings. The zero-order valence-corrected chi connectivity index (χ0v) is 32.8. The van der Waals surface area contributed by atoms with Crippen LogP contribution in [0.4, 0.5) is 0 Å². The first-order valence-electron chi connectivity index (χ1n) is 14.1. The molecule has 51 heavy (non-hydrogen) atoms. The predicted octanol–water partition coefficient (Wildman–Crippen LogP) is -1.73. The van der Waals surface area contributed by atoms with Gasteiger partial charge in [-0.2, -0.15) is 4.33 Å². The third-order valence-electron chi connectivity index (χ3n) is 7.91. The molecule has 2 aliphatic heterocycles. The van der Waals surface area contributed by atoms with Crippen molar-refractivity contribution in [1.29, 1.82) is 0 Å². The number of nitrogens with zero attached hydrogens (tertiary/aromatic N) is 8. The summed E-state index contributed by atoms with van der Waals surface area (Å²) in [7, 11) is -4.94. The van der Waals surface area contributed by atoms with Crippen molar-refractivity contribution in [2.75, 3.05) is 0 Å². The molecule has 3 aromatic heterocycles. The molecule has 0 aliphatic carbocycles. The Morgan fingerprint density at radius 2 is 1.00 bits per heavy atom. The van der Waals surface area contributed by atoms with Crippen molar-refractivity contribution in [3.63, 3.8) is 0 Å². The van der Waals surface area contributed by atoms with E-state index in [1.807, 2.05) is 36.4 Å². The summed E-state index contributed by atoms with van der Waals surface area (Å²) in [6.07, 6.45) is 0. The van der Waals surface area contributed by atoms with Crippen LogP contribution in [0.25, 0.3) is 89.7 Å². The van der Waals surface area contributed by atoms with Gasteiger partial charge in [0.05, 0.1) is 40.2 Å². The molecule has 8 bridgehead atoms. The molecule has 0 saturated heterocycles. The van der Waals surface area contributed by atoms with Gasteiger partial charge in [0.1, 0.15) is 10.1 Å². The maximum Gasteiger partial charge on any atom is 2.00 e.